The Labute approximate surface area is 122 Å². The van der Waals surface area contributed by atoms with Gasteiger partial charge in [-0.3, -0.25) is 0 Å². The number of hydrogen-bond acceptors (Lipinski definition) is 5. The summed E-state index contributed by atoms with van der Waals surface area (Å²) < 4.78 is 6.76. The van der Waals surface area contributed by atoms with E-state index in [0.29, 0.717) is 19.0 Å². The molecule has 0 unspecified atom stereocenters. The largest absolute Gasteiger partial charge is 0.480 e. The van der Waals surface area contributed by atoms with E-state index in [1.54, 1.807) is 16.9 Å². The molecule has 7 heteroatoms. The minimum atomic E-state index is -0.971. The lowest BCUT2D eigenvalue weighted by Gasteiger charge is -2.13. The van der Waals surface area contributed by atoms with E-state index in [-0.39, 0.29) is 12.0 Å². The van der Waals surface area contributed by atoms with Crippen molar-refractivity contribution in [2.24, 2.45) is 0 Å². The first-order chi connectivity index (χ1) is 9.88. The predicted octanol–water partition coefficient (Wildman–Crippen LogP) is 1.54. The Kier molecular flexibility index (Phi) is 4.42. The number of carboxylic acid groups (broad SMARTS) is 1. The summed E-state index contributed by atoms with van der Waals surface area (Å²) in [4.78, 5) is 14.6. The van der Waals surface area contributed by atoms with Gasteiger partial charge in [0.25, 0.3) is 0 Å². The molecule has 0 saturated heterocycles. The van der Waals surface area contributed by atoms with Gasteiger partial charge in [-0.15, -0.1) is 0 Å². The Morgan fingerprint density at radius 2 is 2.24 bits per heavy atom. The zero-order chi connectivity index (χ0) is 15.5. The van der Waals surface area contributed by atoms with Crippen molar-refractivity contribution in [1.82, 2.24) is 14.6 Å². The highest BCUT2D eigenvalue weighted by Crippen LogP contribution is 2.24. The van der Waals surface area contributed by atoms with Crippen molar-refractivity contribution in [3.63, 3.8) is 0 Å². The summed E-state index contributed by atoms with van der Waals surface area (Å²) in [6.07, 6.45) is 3.48. The second kappa shape index (κ2) is 6.09. The Morgan fingerprint density at radius 3 is 2.90 bits per heavy atom. The first kappa shape index (κ1) is 15.2. The van der Waals surface area contributed by atoms with Crippen LogP contribution in [0, 0.1) is 0 Å². The molecule has 0 bridgehead atoms. The van der Waals surface area contributed by atoms with Crippen LogP contribution in [0.2, 0.25) is 0 Å². The molecule has 2 N–H and O–H groups in total. The Hall–Kier alpha value is -2.15. The van der Waals surface area contributed by atoms with Crippen LogP contribution in [-0.2, 0) is 14.9 Å². The quantitative estimate of drug-likeness (QED) is 0.785. The number of ether oxygens (including phenoxy) is 1. The molecule has 0 spiro atoms. The molecular weight excluding hydrogens is 272 g/mol. The number of aliphatic carboxylic acids is 1. The number of rotatable bonds is 6. The summed E-state index contributed by atoms with van der Waals surface area (Å²) in [7, 11) is 0. The van der Waals surface area contributed by atoms with E-state index in [9.17, 15) is 4.79 Å². The van der Waals surface area contributed by atoms with E-state index in [1.165, 1.54) is 0 Å². The summed E-state index contributed by atoms with van der Waals surface area (Å²) in [5, 5.41) is 16.2. The first-order valence-electron chi connectivity index (χ1n) is 6.76. The minimum Gasteiger partial charge on any atom is -0.480 e. The van der Waals surface area contributed by atoms with Gasteiger partial charge in [-0.05, 0) is 6.07 Å². The number of carbonyl (C=O) groups is 1. The fourth-order valence-corrected chi connectivity index (χ4v) is 1.83. The van der Waals surface area contributed by atoms with Crippen molar-refractivity contribution in [2.75, 3.05) is 25.1 Å². The van der Waals surface area contributed by atoms with Gasteiger partial charge >= 0.3 is 5.97 Å². The lowest BCUT2D eigenvalue weighted by Crippen LogP contribution is -2.15. The van der Waals surface area contributed by atoms with Crippen LogP contribution in [0.15, 0.2) is 18.5 Å². The SMILES string of the molecule is CC(C)(C)c1cc2c(NCCOCC(=O)O)nccn2n1. The molecule has 0 radical (unpaired) electrons. The van der Waals surface area contributed by atoms with E-state index in [4.69, 9.17) is 9.84 Å². The maximum absolute atomic E-state index is 10.3. The topological polar surface area (TPSA) is 88.8 Å². The number of nitrogens with one attached hydrogen (secondary N) is 1. The van der Waals surface area contributed by atoms with Crippen LogP contribution in [0.3, 0.4) is 0 Å². The van der Waals surface area contributed by atoms with Gasteiger partial charge in [-0.2, -0.15) is 5.10 Å². The maximum Gasteiger partial charge on any atom is 0.329 e. The zero-order valence-electron chi connectivity index (χ0n) is 12.5. The summed E-state index contributed by atoms with van der Waals surface area (Å²) in [6, 6.07) is 2.01. The molecule has 7 nitrogen and oxygen atoms in total. The van der Waals surface area contributed by atoms with Crippen LogP contribution in [-0.4, -0.2) is 45.4 Å². The van der Waals surface area contributed by atoms with Gasteiger partial charge in [0.05, 0.1) is 12.3 Å². The van der Waals surface area contributed by atoms with Gasteiger partial charge in [-0.25, -0.2) is 14.3 Å². The third-order valence-electron chi connectivity index (χ3n) is 2.92. The van der Waals surface area contributed by atoms with E-state index in [1.807, 2.05) is 6.07 Å². The molecule has 0 aromatic carbocycles. The summed E-state index contributed by atoms with van der Waals surface area (Å²) in [6.45, 7) is 6.81. The number of nitrogens with zero attached hydrogens (tertiary/aromatic N) is 3. The second-order valence-corrected chi connectivity index (χ2v) is 5.76. The van der Waals surface area contributed by atoms with Gasteiger partial charge in [0, 0.05) is 24.4 Å². The van der Waals surface area contributed by atoms with E-state index in [0.717, 1.165) is 11.2 Å². The van der Waals surface area contributed by atoms with Crippen molar-refractivity contribution in [3.05, 3.63) is 24.2 Å². The monoisotopic (exact) mass is 292 g/mol. The maximum atomic E-state index is 10.3. The highest BCUT2D eigenvalue weighted by Gasteiger charge is 2.18. The van der Waals surface area contributed by atoms with Crippen molar-refractivity contribution in [3.8, 4) is 0 Å². The molecule has 0 amide bonds. The molecule has 0 fully saturated rings. The molecule has 2 rings (SSSR count). The van der Waals surface area contributed by atoms with Gasteiger partial charge in [0.1, 0.15) is 12.1 Å². The van der Waals surface area contributed by atoms with Gasteiger partial charge in [0.15, 0.2) is 5.82 Å². The number of hydrogen-bond donors (Lipinski definition) is 2. The molecule has 2 aromatic heterocycles. The standard InChI is InChI=1S/C14H20N4O3/c1-14(2,3)11-8-10-13(15-4-6-18(10)17-11)16-5-7-21-9-12(19)20/h4,6,8H,5,7,9H2,1-3H3,(H,15,16)(H,19,20). The second-order valence-electron chi connectivity index (χ2n) is 5.76. The van der Waals surface area contributed by atoms with Crippen LogP contribution >= 0.6 is 0 Å². The lowest BCUT2D eigenvalue weighted by molar-refractivity contribution is -0.142. The van der Waals surface area contributed by atoms with Crippen molar-refractivity contribution >= 4 is 17.3 Å². The Balaban J connectivity index is 2.06. The molecular formula is C14H20N4O3. The van der Waals surface area contributed by atoms with Gasteiger partial charge in [0.2, 0.25) is 0 Å². The highest BCUT2D eigenvalue weighted by atomic mass is 16.5. The molecule has 0 atom stereocenters. The molecule has 2 aromatic rings. The van der Waals surface area contributed by atoms with E-state index < -0.39 is 5.97 Å². The van der Waals surface area contributed by atoms with E-state index >= 15 is 0 Å². The van der Waals surface area contributed by atoms with Gasteiger partial charge < -0.3 is 15.2 Å². The van der Waals surface area contributed by atoms with Gasteiger partial charge in [-0.1, -0.05) is 20.8 Å². The van der Waals surface area contributed by atoms with Crippen molar-refractivity contribution < 1.29 is 14.6 Å². The summed E-state index contributed by atoms with van der Waals surface area (Å²) in [5.41, 5.74) is 1.84. The fraction of sp³-hybridized carbons (Fsp3) is 0.500. The average Bonchev–Trinajstić information content (AvgIpc) is 2.82. The zero-order valence-corrected chi connectivity index (χ0v) is 12.5. The average molecular weight is 292 g/mol. The van der Waals surface area contributed by atoms with Crippen LogP contribution < -0.4 is 5.32 Å². The predicted molar refractivity (Wildman–Crippen MR) is 78.6 cm³/mol. The van der Waals surface area contributed by atoms with Crippen LogP contribution in [0.1, 0.15) is 26.5 Å². The number of fused-ring (bicyclic) bond motifs is 1. The van der Waals surface area contributed by atoms with Crippen molar-refractivity contribution in [2.45, 2.75) is 26.2 Å². The number of aromatic nitrogens is 3. The molecule has 114 valence electrons. The van der Waals surface area contributed by atoms with E-state index in [2.05, 4.69) is 36.2 Å². The lowest BCUT2D eigenvalue weighted by atomic mass is 9.92. The molecule has 2 heterocycles. The fourth-order valence-electron chi connectivity index (χ4n) is 1.83. The first-order valence-corrected chi connectivity index (χ1v) is 6.76. The molecule has 0 aliphatic heterocycles. The molecule has 0 aliphatic carbocycles. The van der Waals surface area contributed by atoms with Crippen molar-refractivity contribution in [1.29, 1.82) is 0 Å². The Bertz CT molecular complexity index is 631. The van der Waals surface area contributed by atoms with Crippen LogP contribution in [0.5, 0.6) is 0 Å². The number of anilines is 1. The smallest absolute Gasteiger partial charge is 0.329 e. The van der Waals surface area contributed by atoms with Crippen LogP contribution in [0.25, 0.3) is 5.52 Å². The number of carboxylic acids is 1. The molecule has 0 saturated carbocycles. The third-order valence-corrected chi connectivity index (χ3v) is 2.92. The Morgan fingerprint density at radius 1 is 1.48 bits per heavy atom. The summed E-state index contributed by atoms with van der Waals surface area (Å²) >= 11 is 0. The van der Waals surface area contributed by atoms with Crippen LogP contribution in [0.4, 0.5) is 5.82 Å². The molecule has 21 heavy (non-hydrogen) atoms. The minimum absolute atomic E-state index is 0.0338. The normalized spacial score (nSPS) is 11.8. The molecule has 0 aliphatic rings. The summed E-state index contributed by atoms with van der Waals surface area (Å²) in [5.74, 6) is -0.264. The highest BCUT2D eigenvalue weighted by molar-refractivity contribution is 5.68. The third kappa shape index (κ3) is 3.91.